The zero-order valence-corrected chi connectivity index (χ0v) is 18.0. The van der Waals surface area contributed by atoms with Crippen LogP contribution in [-0.4, -0.2) is 41.8 Å². The average Bonchev–Trinajstić information content (AvgIpc) is 2.79. The Bertz CT molecular complexity index is 876. The van der Waals surface area contributed by atoms with Crippen LogP contribution in [0.1, 0.15) is 47.6 Å². The number of rotatable bonds is 9. The molecule has 3 rings (SSSR count). The minimum Gasteiger partial charge on any atom is -0.497 e. The van der Waals surface area contributed by atoms with Gasteiger partial charge in [0.15, 0.2) is 5.12 Å². The van der Waals surface area contributed by atoms with E-state index >= 15 is 0 Å². The molecule has 0 aromatic heterocycles. The predicted molar refractivity (Wildman–Crippen MR) is 119 cm³/mol. The number of carbonyl (C=O) groups is 3. The summed E-state index contributed by atoms with van der Waals surface area (Å²) in [7, 11) is 1.60. The number of thiol groups is 1. The van der Waals surface area contributed by atoms with Gasteiger partial charge in [-0.3, -0.25) is 19.3 Å². The monoisotopic (exact) mass is 425 g/mol. The van der Waals surface area contributed by atoms with Crippen molar-refractivity contribution in [1.82, 2.24) is 4.90 Å². The van der Waals surface area contributed by atoms with Crippen molar-refractivity contribution in [2.75, 3.05) is 20.2 Å². The molecular formula is C24H27NO4S. The van der Waals surface area contributed by atoms with Gasteiger partial charge in [0.25, 0.3) is 0 Å². The number of likely N-dealkylation sites (tertiary alicyclic amines) is 1. The molecule has 0 saturated carbocycles. The molecule has 1 fully saturated rings. The Labute approximate surface area is 182 Å². The Morgan fingerprint density at radius 3 is 2.17 bits per heavy atom. The van der Waals surface area contributed by atoms with Gasteiger partial charge in [0, 0.05) is 18.0 Å². The molecule has 1 aliphatic heterocycles. The van der Waals surface area contributed by atoms with Gasteiger partial charge in [0.1, 0.15) is 5.75 Å². The molecule has 1 saturated heterocycles. The summed E-state index contributed by atoms with van der Waals surface area (Å²) in [6.45, 7) is 1.68. The maximum atomic E-state index is 12.8. The largest absolute Gasteiger partial charge is 0.497 e. The number of ether oxygens (including phenoxy) is 1. The molecule has 0 spiro atoms. The van der Waals surface area contributed by atoms with Crippen molar-refractivity contribution in [2.45, 2.75) is 31.7 Å². The molecule has 1 aliphatic rings. The van der Waals surface area contributed by atoms with E-state index in [-0.39, 0.29) is 17.6 Å². The minimum atomic E-state index is -0.708. The van der Waals surface area contributed by atoms with Gasteiger partial charge < -0.3 is 4.74 Å². The molecule has 6 heteroatoms. The number of hydrogen-bond acceptors (Lipinski definition) is 5. The molecule has 0 radical (unpaired) electrons. The predicted octanol–water partition coefficient (Wildman–Crippen LogP) is 4.14. The van der Waals surface area contributed by atoms with Crippen LogP contribution in [0.5, 0.6) is 5.75 Å². The van der Waals surface area contributed by atoms with Crippen LogP contribution in [0.25, 0.3) is 0 Å². The van der Waals surface area contributed by atoms with E-state index in [4.69, 9.17) is 4.74 Å². The highest BCUT2D eigenvalue weighted by atomic mass is 32.1. The highest BCUT2D eigenvalue weighted by Gasteiger charge is 2.36. The van der Waals surface area contributed by atoms with Crippen LogP contribution in [-0.2, 0) is 9.59 Å². The molecule has 2 aromatic rings. The van der Waals surface area contributed by atoms with Crippen LogP contribution in [0.15, 0.2) is 54.6 Å². The van der Waals surface area contributed by atoms with Gasteiger partial charge in [-0.25, -0.2) is 0 Å². The number of benzene rings is 2. The summed E-state index contributed by atoms with van der Waals surface area (Å²) in [4.78, 5) is 40.2. The smallest absolute Gasteiger partial charge is 0.228 e. The third-order valence-corrected chi connectivity index (χ3v) is 5.97. The molecule has 2 aromatic carbocycles. The zero-order chi connectivity index (χ0) is 21.5. The van der Waals surface area contributed by atoms with Crippen molar-refractivity contribution < 1.29 is 19.1 Å². The van der Waals surface area contributed by atoms with Crippen LogP contribution in [0, 0.1) is 5.92 Å². The maximum Gasteiger partial charge on any atom is 0.228 e. The van der Waals surface area contributed by atoms with Crippen molar-refractivity contribution in [1.29, 1.82) is 0 Å². The van der Waals surface area contributed by atoms with Gasteiger partial charge in [-0.1, -0.05) is 48.9 Å². The van der Waals surface area contributed by atoms with E-state index < -0.39 is 17.5 Å². The summed E-state index contributed by atoms with van der Waals surface area (Å²) >= 11 is 4.12. The Kier molecular flexibility index (Phi) is 7.82. The van der Waals surface area contributed by atoms with Gasteiger partial charge in [-0.15, -0.1) is 12.6 Å². The lowest BCUT2D eigenvalue weighted by Crippen LogP contribution is -2.40. The molecule has 0 amide bonds. The van der Waals surface area contributed by atoms with Crippen LogP contribution in [0.2, 0.25) is 0 Å². The van der Waals surface area contributed by atoms with E-state index in [0.717, 1.165) is 43.7 Å². The summed E-state index contributed by atoms with van der Waals surface area (Å²) < 4.78 is 5.25. The third-order valence-electron chi connectivity index (χ3n) is 5.63. The van der Waals surface area contributed by atoms with E-state index in [2.05, 4.69) is 17.5 Å². The van der Waals surface area contributed by atoms with E-state index in [9.17, 15) is 14.4 Å². The SMILES string of the molecule is COc1ccc(C(C(CC(=O)C(=O)c2ccccc2)C(=O)S)N2CCCCC2)cc1. The Morgan fingerprint density at radius 1 is 0.967 bits per heavy atom. The molecule has 0 bridgehead atoms. The normalized spacial score (nSPS) is 16.5. The van der Waals surface area contributed by atoms with Gasteiger partial charge in [0.05, 0.1) is 13.0 Å². The second-order valence-corrected chi connectivity index (χ2v) is 8.02. The van der Waals surface area contributed by atoms with Gasteiger partial charge >= 0.3 is 0 Å². The van der Waals surface area contributed by atoms with Crippen molar-refractivity contribution in [3.63, 3.8) is 0 Å². The molecule has 2 unspecified atom stereocenters. The molecule has 2 atom stereocenters. The number of ketones is 2. The molecule has 158 valence electrons. The first-order valence-electron chi connectivity index (χ1n) is 10.2. The zero-order valence-electron chi connectivity index (χ0n) is 17.1. The lowest BCUT2D eigenvalue weighted by atomic mass is 9.86. The van der Waals surface area contributed by atoms with Gasteiger partial charge in [-0.05, 0) is 43.6 Å². The summed E-state index contributed by atoms with van der Waals surface area (Å²) in [5.74, 6) is -1.12. The van der Waals surface area contributed by atoms with Crippen LogP contribution in [0.4, 0.5) is 0 Å². The van der Waals surface area contributed by atoms with Crippen LogP contribution < -0.4 is 4.74 Å². The Morgan fingerprint density at radius 2 is 1.60 bits per heavy atom. The Balaban J connectivity index is 1.89. The lowest BCUT2D eigenvalue weighted by molar-refractivity contribution is -0.123. The number of hydrogen-bond donors (Lipinski definition) is 1. The minimum absolute atomic E-state index is 0.163. The van der Waals surface area contributed by atoms with Crippen LogP contribution >= 0.6 is 12.6 Å². The summed E-state index contributed by atoms with van der Waals surface area (Å²) in [6.07, 6.45) is 3.06. The van der Waals surface area contributed by atoms with E-state index in [1.165, 1.54) is 0 Å². The summed E-state index contributed by atoms with van der Waals surface area (Å²) in [6, 6.07) is 15.7. The number of nitrogens with zero attached hydrogens (tertiary/aromatic N) is 1. The fourth-order valence-electron chi connectivity index (χ4n) is 4.07. The molecule has 0 aliphatic carbocycles. The fraction of sp³-hybridized carbons (Fsp3) is 0.375. The highest BCUT2D eigenvalue weighted by Crippen LogP contribution is 2.35. The molecule has 1 heterocycles. The Hall–Kier alpha value is -2.44. The number of carbonyl (C=O) groups excluding carboxylic acids is 3. The first-order chi connectivity index (χ1) is 14.5. The van der Waals surface area contributed by atoms with E-state index in [1.54, 1.807) is 37.4 Å². The third kappa shape index (κ3) is 5.37. The second kappa shape index (κ2) is 10.5. The number of Topliss-reactive ketones (excluding diaryl/α,β-unsaturated/α-hetero) is 2. The molecule has 30 heavy (non-hydrogen) atoms. The average molecular weight is 426 g/mol. The lowest BCUT2D eigenvalue weighted by Gasteiger charge is -2.38. The highest BCUT2D eigenvalue weighted by molar-refractivity contribution is 7.96. The number of methoxy groups -OCH3 is 1. The topological polar surface area (TPSA) is 63.7 Å². The first kappa shape index (κ1) is 22.2. The second-order valence-electron chi connectivity index (χ2n) is 7.58. The van der Waals surface area contributed by atoms with Crippen molar-refractivity contribution in [3.05, 3.63) is 65.7 Å². The molecular weight excluding hydrogens is 398 g/mol. The first-order valence-corrected chi connectivity index (χ1v) is 10.7. The van der Waals surface area contributed by atoms with E-state index in [0.29, 0.717) is 5.56 Å². The van der Waals surface area contributed by atoms with E-state index in [1.807, 2.05) is 24.3 Å². The molecule has 5 nitrogen and oxygen atoms in total. The van der Waals surface area contributed by atoms with Gasteiger partial charge in [-0.2, -0.15) is 0 Å². The standard InChI is InChI=1S/C24H27NO4S/c1-29-19-12-10-17(11-13-19)22(25-14-6-3-7-15-25)20(24(28)30)16-21(26)23(27)18-8-4-2-5-9-18/h2,4-5,8-13,20,22H,3,6-7,14-16H2,1H3,(H,28,30). The molecule has 0 N–H and O–H groups in total. The van der Waals surface area contributed by atoms with Crippen molar-refractivity contribution in [2.24, 2.45) is 5.92 Å². The van der Waals surface area contributed by atoms with Crippen LogP contribution in [0.3, 0.4) is 0 Å². The quantitative estimate of drug-likeness (QED) is 0.372. The maximum absolute atomic E-state index is 12.8. The fourth-order valence-corrected chi connectivity index (χ4v) is 4.30. The van der Waals surface area contributed by atoms with Gasteiger partial charge in [0.2, 0.25) is 11.6 Å². The summed E-state index contributed by atoms with van der Waals surface area (Å²) in [5, 5.41) is -0.379. The van der Waals surface area contributed by atoms with Crippen molar-refractivity contribution >= 4 is 29.3 Å². The van der Waals surface area contributed by atoms with Crippen molar-refractivity contribution in [3.8, 4) is 5.75 Å². The number of piperidine rings is 1. The summed E-state index contributed by atoms with van der Waals surface area (Å²) in [5.41, 5.74) is 1.26.